The normalized spacial score (nSPS) is 12.2. The number of phenols is 1. The molecule has 4 heteroatoms. The topological polar surface area (TPSA) is 32.3 Å². The van der Waals surface area contributed by atoms with Crippen LogP contribution >= 0.6 is 11.6 Å². The predicted octanol–water partition coefficient (Wildman–Crippen LogP) is 4.62. The third-order valence-corrected chi connectivity index (χ3v) is 3.46. The summed E-state index contributed by atoms with van der Waals surface area (Å²) in [7, 11) is 0. The highest BCUT2D eigenvalue weighted by molar-refractivity contribution is 6.33. The predicted molar refractivity (Wildman–Crippen MR) is 80.9 cm³/mol. The summed E-state index contributed by atoms with van der Waals surface area (Å²) >= 11 is 6.02. The maximum atomic E-state index is 13.2. The van der Waals surface area contributed by atoms with Crippen molar-refractivity contribution in [1.29, 1.82) is 0 Å². The Morgan fingerprint density at radius 2 is 1.90 bits per heavy atom. The molecule has 0 fully saturated rings. The molecule has 0 saturated heterocycles. The number of benzene rings is 2. The van der Waals surface area contributed by atoms with Crippen LogP contribution in [-0.2, 0) is 6.42 Å². The van der Waals surface area contributed by atoms with Crippen molar-refractivity contribution in [2.75, 3.05) is 5.32 Å². The summed E-state index contributed by atoms with van der Waals surface area (Å²) in [5.41, 5.74) is 1.77. The van der Waals surface area contributed by atoms with E-state index in [0.29, 0.717) is 10.7 Å². The van der Waals surface area contributed by atoms with Gasteiger partial charge in [-0.05, 0) is 55.7 Å². The Morgan fingerprint density at radius 3 is 2.60 bits per heavy atom. The summed E-state index contributed by atoms with van der Waals surface area (Å²) in [6.45, 7) is 2.03. The lowest BCUT2D eigenvalue weighted by Crippen LogP contribution is -2.16. The number of aromatic hydroxyl groups is 1. The summed E-state index contributed by atoms with van der Waals surface area (Å²) < 4.78 is 13.2. The zero-order valence-corrected chi connectivity index (χ0v) is 12.0. The minimum atomic E-state index is -0.303. The van der Waals surface area contributed by atoms with Gasteiger partial charge in [-0.1, -0.05) is 23.7 Å². The lowest BCUT2D eigenvalue weighted by Gasteiger charge is -2.16. The smallest absolute Gasteiger partial charge is 0.125 e. The molecule has 2 N–H and O–H groups in total. The van der Waals surface area contributed by atoms with E-state index >= 15 is 0 Å². The van der Waals surface area contributed by atoms with Gasteiger partial charge in [-0.15, -0.1) is 0 Å². The zero-order chi connectivity index (χ0) is 14.5. The van der Waals surface area contributed by atoms with Crippen molar-refractivity contribution in [3.8, 4) is 5.75 Å². The van der Waals surface area contributed by atoms with Gasteiger partial charge in [0.05, 0.1) is 10.7 Å². The maximum absolute atomic E-state index is 13.2. The van der Waals surface area contributed by atoms with E-state index in [2.05, 4.69) is 5.32 Å². The van der Waals surface area contributed by atoms with Crippen molar-refractivity contribution in [3.05, 3.63) is 58.9 Å². The van der Waals surface area contributed by atoms with Crippen LogP contribution in [-0.4, -0.2) is 11.1 Å². The number of phenolic OH excluding ortho intramolecular Hbond substituents is 1. The first-order chi connectivity index (χ1) is 9.54. The molecule has 2 nitrogen and oxygen atoms in total. The van der Waals surface area contributed by atoms with E-state index in [0.717, 1.165) is 18.4 Å². The monoisotopic (exact) mass is 293 g/mol. The standard InChI is InChI=1S/C16H17ClFNO/c1-11(2-3-12-4-7-14(20)8-5-12)19-16-10-13(18)6-9-15(16)17/h4-11,19-20H,2-3H2,1H3. The molecule has 0 aromatic heterocycles. The molecule has 0 amide bonds. The lowest BCUT2D eigenvalue weighted by molar-refractivity contribution is 0.475. The fourth-order valence-corrected chi connectivity index (χ4v) is 2.16. The Labute approximate surface area is 123 Å². The van der Waals surface area contributed by atoms with Crippen LogP contribution < -0.4 is 5.32 Å². The highest BCUT2D eigenvalue weighted by atomic mass is 35.5. The molecule has 0 bridgehead atoms. The molecule has 2 aromatic carbocycles. The van der Waals surface area contributed by atoms with Gasteiger partial charge in [0.25, 0.3) is 0 Å². The van der Waals surface area contributed by atoms with Crippen molar-refractivity contribution in [3.63, 3.8) is 0 Å². The Morgan fingerprint density at radius 1 is 1.20 bits per heavy atom. The number of halogens is 2. The second-order valence-electron chi connectivity index (χ2n) is 4.87. The highest BCUT2D eigenvalue weighted by Gasteiger charge is 2.07. The van der Waals surface area contributed by atoms with Gasteiger partial charge in [0.2, 0.25) is 0 Å². The largest absolute Gasteiger partial charge is 0.508 e. The molecule has 0 aliphatic carbocycles. The zero-order valence-electron chi connectivity index (χ0n) is 11.2. The summed E-state index contributed by atoms with van der Waals surface area (Å²) in [6, 6.07) is 11.6. The molecular weight excluding hydrogens is 277 g/mol. The van der Waals surface area contributed by atoms with Crippen LogP contribution in [0.2, 0.25) is 5.02 Å². The van der Waals surface area contributed by atoms with E-state index in [4.69, 9.17) is 11.6 Å². The number of nitrogens with one attached hydrogen (secondary N) is 1. The summed E-state index contributed by atoms with van der Waals surface area (Å²) in [5, 5.41) is 13.0. The van der Waals surface area contributed by atoms with E-state index in [1.807, 2.05) is 19.1 Å². The van der Waals surface area contributed by atoms with Gasteiger partial charge in [-0.25, -0.2) is 4.39 Å². The van der Waals surface area contributed by atoms with E-state index in [1.54, 1.807) is 18.2 Å². The van der Waals surface area contributed by atoms with E-state index in [1.165, 1.54) is 12.1 Å². The Hall–Kier alpha value is -1.74. The molecule has 0 heterocycles. The van der Waals surface area contributed by atoms with Gasteiger partial charge in [-0.3, -0.25) is 0 Å². The first-order valence-electron chi connectivity index (χ1n) is 6.54. The summed E-state index contributed by atoms with van der Waals surface area (Å²) in [5.74, 6) is -0.0332. The van der Waals surface area contributed by atoms with Gasteiger partial charge < -0.3 is 10.4 Å². The quantitative estimate of drug-likeness (QED) is 0.843. The number of hydrogen-bond donors (Lipinski definition) is 2. The molecule has 0 radical (unpaired) electrons. The van der Waals surface area contributed by atoms with Crippen LogP contribution in [0.3, 0.4) is 0 Å². The molecule has 20 heavy (non-hydrogen) atoms. The second-order valence-corrected chi connectivity index (χ2v) is 5.28. The van der Waals surface area contributed by atoms with Gasteiger partial charge in [0, 0.05) is 6.04 Å². The van der Waals surface area contributed by atoms with E-state index < -0.39 is 0 Å². The average Bonchev–Trinajstić information content (AvgIpc) is 2.42. The molecular formula is C16H17ClFNO. The van der Waals surface area contributed by atoms with Gasteiger partial charge in [0.15, 0.2) is 0 Å². The third kappa shape index (κ3) is 4.14. The Balaban J connectivity index is 1.90. The molecule has 106 valence electrons. The summed E-state index contributed by atoms with van der Waals surface area (Å²) in [4.78, 5) is 0. The van der Waals surface area contributed by atoms with Gasteiger partial charge in [0.1, 0.15) is 11.6 Å². The fraction of sp³-hybridized carbons (Fsp3) is 0.250. The fourth-order valence-electron chi connectivity index (χ4n) is 1.99. The number of rotatable bonds is 5. The average molecular weight is 294 g/mol. The van der Waals surface area contributed by atoms with Gasteiger partial charge >= 0.3 is 0 Å². The van der Waals surface area contributed by atoms with Crippen LogP contribution in [0.25, 0.3) is 0 Å². The lowest BCUT2D eigenvalue weighted by atomic mass is 10.1. The minimum Gasteiger partial charge on any atom is -0.508 e. The third-order valence-electron chi connectivity index (χ3n) is 3.13. The number of hydrogen-bond acceptors (Lipinski definition) is 2. The molecule has 1 unspecified atom stereocenters. The first kappa shape index (κ1) is 14.7. The maximum Gasteiger partial charge on any atom is 0.125 e. The van der Waals surface area contributed by atoms with Crippen LogP contribution in [0.4, 0.5) is 10.1 Å². The van der Waals surface area contributed by atoms with E-state index in [-0.39, 0.29) is 17.6 Å². The van der Waals surface area contributed by atoms with Crippen molar-refractivity contribution >= 4 is 17.3 Å². The molecule has 2 rings (SSSR count). The van der Waals surface area contributed by atoms with Crippen molar-refractivity contribution in [1.82, 2.24) is 0 Å². The van der Waals surface area contributed by atoms with Crippen molar-refractivity contribution < 1.29 is 9.50 Å². The number of aryl methyl sites for hydroxylation is 1. The Kier molecular flexibility index (Phi) is 4.85. The second kappa shape index (κ2) is 6.62. The van der Waals surface area contributed by atoms with Crippen LogP contribution in [0.5, 0.6) is 5.75 Å². The van der Waals surface area contributed by atoms with Crippen LogP contribution in [0, 0.1) is 5.82 Å². The Bertz CT molecular complexity index is 571. The number of anilines is 1. The van der Waals surface area contributed by atoms with Crippen molar-refractivity contribution in [2.45, 2.75) is 25.8 Å². The first-order valence-corrected chi connectivity index (χ1v) is 6.92. The molecule has 0 spiro atoms. The molecule has 2 aromatic rings. The van der Waals surface area contributed by atoms with Gasteiger partial charge in [-0.2, -0.15) is 0 Å². The van der Waals surface area contributed by atoms with Crippen LogP contribution in [0.1, 0.15) is 18.9 Å². The van der Waals surface area contributed by atoms with Crippen LogP contribution in [0.15, 0.2) is 42.5 Å². The SMILES string of the molecule is CC(CCc1ccc(O)cc1)Nc1cc(F)ccc1Cl. The molecule has 0 aliphatic heterocycles. The minimum absolute atomic E-state index is 0.170. The summed E-state index contributed by atoms with van der Waals surface area (Å²) in [6.07, 6.45) is 1.76. The molecule has 0 aliphatic rings. The molecule has 0 saturated carbocycles. The van der Waals surface area contributed by atoms with E-state index in [9.17, 15) is 9.50 Å². The molecule has 1 atom stereocenters. The van der Waals surface area contributed by atoms with Crippen molar-refractivity contribution in [2.24, 2.45) is 0 Å². The highest BCUT2D eigenvalue weighted by Crippen LogP contribution is 2.24.